The molecule has 30 heavy (non-hydrogen) atoms. The predicted octanol–water partition coefficient (Wildman–Crippen LogP) is 4.61. The van der Waals surface area contributed by atoms with E-state index in [2.05, 4.69) is 10.3 Å². The number of nitrogens with two attached hydrogens (primary N) is 1. The van der Waals surface area contributed by atoms with Crippen LogP contribution in [0.1, 0.15) is 26.3 Å². The zero-order chi connectivity index (χ0) is 21.1. The monoisotopic (exact) mass is 421 g/mol. The fraction of sp³-hybridized carbons (Fsp3) is 0.0455. The molecule has 0 aliphatic heterocycles. The Balaban J connectivity index is 1.51. The molecular formula is C22H16FN3O3S. The number of fused-ring (bicyclic) bond motifs is 1. The molecule has 1 aromatic heterocycles. The van der Waals surface area contributed by atoms with Gasteiger partial charge in [-0.25, -0.2) is 9.37 Å². The van der Waals surface area contributed by atoms with Crippen LogP contribution in [0.5, 0.6) is 0 Å². The molecule has 0 bridgehead atoms. The van der Waals surface area contributed by atoms with Gasteiger partial charge in [0.05, 0.1) is 5.56 Å². The molecular weight excluding hydrogens is 405 g/mol. The number of benzene rings is 3. The summed E-state index contributed by atoms with van der Waals surface area (Å²) in [7, 11) is 0. The molecule has 8 heteroatoms. The molecule has 0 aliphatic rings. The van der Waals surface area contributed by atoms with Crippen LogP contribution in [-0.4, -0.2) is 16.8 Å². The number of nitrogens with one attached hydrogen (secondary N) is 1. The average Bonchev–Trinajstić information content (AvgIpc) is 3.16. The summed E-state index contributed by atoms with van der Waals surface area (Å²) in [6.07, 6.45) is 0. The number of thioether (sulfide) groups is 1. The van der Waals surface area contributed by atoms with E-state index in [1.807, 2.05) is 36.4 Å². The second-order valence-electron chi connectivity index (χ2n) is 6.41. The highest BCUT2D eigenvalue weighted by atomic mass is 32.2. The maximum atomic E-state index is 13.7. The number of aromatic nitrogens is 1. The van der Waals surface area contributed by atoms with E-state index in [1.165, 1.54) is 23.9 Å². The molecule has 3 N–H and O–H groups in total. The topological polar surface area (TPSA) is 98.2 Å². The molecule has 6 nitrogen and oxygen atoms in total. The first-order chi connectivity index (χ1) is 14.5. The fourth-order valence-corrected chi connectivity index (χ4v) is 3.75. The van der Waals surface area contributed by atoms with Crippen molar-refractivity contribution in [3.8, 4) is 0 Å². The smallest absolute Gasteiger partial charge is 0.257 e. The number of carbonyl (C=O) groups excluding carboxylic acids is 2. The van der Waals surface area contributed by atoms with Crippen molar-refractivity contribution in [2.75, 3.05) is 5.32 Å². The van der Waals surface area contributed by atoms with Gasteiger partial charge in [0.25, 0.3) is 17.0 Å². The molecule has 2 amide bonds. The van der Waals surface area contributed by atoms with Crippen molar-refractivity contribution in [3.63, 3.8) is 0 Å². The summed E-state index contributed by atoms with van der Waals surface area (Å²) in [6, 6.07) is 18.3. The summed E-state index contributed by atoms with van der Waals surface area (Å²) in [5.41, 5.74) is 7.85. The van der Waals surface area contributed by atoms with Crippen LogP contribution in [0, 0.1) is 5.82 Å². The molecule has 150 valence electrons. The van der Waals surface area contributed by atoms with E-state index < -0.39 is 11.7 Å². The maximum Gasteiger partial charge on any atom is 0.257 e. The van der Waals surface area contributed by atoms with E-state index in [4.69, 9.17) is 10.2 Å². The molecule has 0 spiro atoms. The molecule has 0 fully saturated rings. The van der Waals surface area contributed by atoms with Gasteiger partial charge in [-0.15, -0.1) is 0 Å². The lowest BCUT2D eigenvalue weighted by atomic mass is 10.1. The first-order valence-corrected chi connectivity index (χ1v) is 9.97. The van der Waals surface area contributed by atoms with Crippen molar-refractivity contribution < 1.29 is 18.4 Å². The minimum absolute atomic E-state index is 0.275. The predicted molar refractivity (Wildman–Crippen MR) is 113 cm³/mol. The molecule has 0 unspecified atom stereocenters. The second kappa shape index (κ2) is 8.38. The molecule has 0 saturated heterocycles. The van der Waals surface area contributed by atoms with Gasteiger partial charge in [-0.3, -0.25) is 9.59 Å². The number of anilines is 1. The highest BCUT2D eigenvalue weighted by Crippen LogP contribution is 2.27. The van der Waals surface area contributed by atoms with Gasteiger partial charge in [0.1, 0.15) is 11.3 Å². The van der Waals surface area contributed by atoms with Gasteiger partial charge < -0.3 is 15.5 Å². The van der Waals surface area contributed by atoms with Gasteiger partial charge >= 0.3 is 0 Å². The quantitative estimate of drug-likeness (QED) is 0.443. The molecule has 0 saturated carbocycles. The van der Waals surface area contributed by atoms with Crippen LogP contribution >= 0.6 is 11.8 Å². The number of hydrogen-bond donors (Lipinski definition) is 2. The summed E-state index contributed by atoms with van der Waals surface area (Å²) in [5, 5.41) is 3.19. The summed E-state index contributed by atoms with van der Waals surface area (Å²) >= 11 is 1.38. The molecule has 0 radical (unpaired) electrons. The molecule has 1 heterocycles. The zero-order valence-electron chi connectivity index (χ0n) is 15.6. The van der Waals surface area contributed by atoms with E-state index >= 15 is 0 Å². The zero-order valence-corrected chi connectivity index (χ0v) is 16.4. The second-order valence-corrected chi connectivity index (χ2v) is 7.33. The number of halogens is 1. The van der Waals surface area contributed by atoms with E-state index in [0.717, 1.165) is 17.1 Å². The van der Waals surface area contributed by atoms with Gasteiger partial charge in [-0.05, 0) is 42.0 Å². The lowest BCUT2D eigenvalue weighted by molar-refractivity contribution is 0.0992. The fourth-order valence-electron chi connectivity index (χ4n) is 2.91. The van der Waals surface area contributed by atoms with Crippen LogP contribution in [0.4, 0.5) is 10.1 Å². The molecule has 3 aromatic carbocycles. The highest BCUT2D eigenvalue weighted by Gasteiger charge is 2.15. The number of hydrogen-bond acceptors (Lipinski definition) is 5. The first-order valence-electron chi connectivity index (χ1n) is 8.98. The summed E-state index contributed by atoms with van der Waals surface area (Å²) < 4.78 is 19.4. The average molecular weight is 421 g/mol. The molecule has 4 rings (SSSR count). The third-order valence-corrected chi connectivity index (χ3v) is 5.25. The Hall–Kier alpha value is -3.65. The van der Waals surface area contributed by atoms with Gasteiger partial charge in [0.15, 0.2) is 5.58 Å². The third kappa shape index (κ3) is 4.18. The normalized spacial score (nSPS) is 10.8. The largest absolute Gasteiger partial charge is 0.431 e. The number of oxazole rings is 1. The molecule has 0 atom stereocenters. The third-order valence-electron chi connectivity index (χ3n) is 4.38. The summed E-state index contributed by atoms with van der Waals surface area (Å²) in [4.78, 5) is 28.5. The standard InChI is InChI=1S/C22H16FN3O3S/c23-17-10-9-14(11-16(17)20(24)27)25-21(28)15-6-2-1-5-13(15)12-30-22-26-18-7-3-4-8-19(18)29-22/h1-11H,12H2,(H2,24,27)(H,25,28). The SMILES string of the molecule is NC(=O)c1cc(NC(=O)c2ccccc2CSc2nc3ccccc3o2)ccc1F. The lowest BCUT2D eigenvalue weighted by Crippen LogP contribution is -2.16. The minimum Gasteiger partial charge on any atom is -0.431 e. The summed E-state index contributed by atoms with van der Waals surface area (Å²) in [5.74, 6) is -1.56. The number of nitrogens with zero attached hydrogens (tertiary/aromatic N) is 1. The van der Waals surface area contributed by atoms with E-state index in [9.17, 15) is 14.0 Å². The van der Waals surface area contributed by atoms with Crippen LogP contribution in [0.25, 0.3) is 11.1 Å². The number of amides is 2. The molecule has 0 aliphatic carbocycles. The Bertz CT molecular complexity index is 1220. The molecule has 4 aromatic rings. The van der Waals surface area contributed by atoms with Crippen LogP contribution in [0.3, 0.4) is 0 Å². The van der Waals surface area contributed by atoms with Gasteiger partial charge in [-0.1, -0.05) is 42.1 Å². The Morgan fingerprint density at radius 2 is 1.80 bits per heavy atom. The lowest BCUT2D eigenvalue weighted by Gasteiger charge is -2.10. The number of rotatable bonds is 6. The number of primary amides is 1. The Morgan fingerprint density at radius 3 is 2.60 bits per heavy atom. The highest BCUT2D eigenvalue weighted by molar-refractivity contribution is 7.98. The maximum absolute atomic E-state index is 13.7. The van der Waals surface area contributed by atoms with Crippen LogP contribution in [-0.2, 0) is 5.75 Å². The van der Waals surface area contributed by atoms with Crippen molar-refractivity contribution in [2.24, 2.45) is 5.73 Å². The Labute approximate surface area is 175 Å². The van der Waals surface area contributed by atoms with Gasteiger partial charge in [0.2, 0.25) is 0 Å². The Morgan fingerprint density at radius 1 is 1.03 bits per heavy atom. The van der Waals surface area contributed by atoms with Crippen molar-refractivity contribution in [2.45, 2.75) is 11.0 Å². The Kier molecular flexibility index (Phi) is 5.49. The van der Waals surface area contributed by atoms with Crippen molar-refractivity contribution >= 4 is 40.4 Å². The van der Waals surface area contributed by atoms with E-state index in [1.54, 1.807) is 12.1 Å². The van der Waals surface area contributed by atoms with Crippen LogP contribution in [0.15, 0.2) is 76.4 Å². The van der Waals surface area contributed by atoms with Crippen LogP contribution < -0.4 is 11.1 Å². The first kappa shape index (κ1) is 19.7. The van der Waals surface area contributed by atoms with Crippen molar-refractivity contribution in [1.82, 2.24) is 4.98 Å². The van der Waals surface area contributed by atoms with Gasteiger partial charge in [-0.2, -0.15) is 0 Å². The minimum atomic E-state index is -0.904. The summed E-state index contributed by atoms with van der Waals surface area (Å²) in [6.45, 7) is 0. The van der Waals surface area contributed by atoms with E-state index in [0.29, 0.717) is 22.1 Å². The van der Waals surface area contributed by atoms with Crippen molar-refractivity contribution in [3.05, 3.63) is 89.2 Å². The number of para-hydroxylation sites is 2. The van der Waals surface area contributed by atoms with Gasteiger partial charge in [0, 0.05) is 17.0 Å². The van der Waals surface area contributed by atoms with Crippen molar-refractivity contribution in [1.29, 1.82) is 0 Å². The van der Waals surface area contributed by atoms with Crippen LogP contribution in [0.2, 0.25) is 0 Å². The van der Waals surface area contributed by atoms with E-state index in [-0.39, 0.29) is 17.2 Å². The number of carbonyl (C=O) groups is 2.